The van der Waals surface area contributed by atoms with E-state index in [4.69, 9.17) is 0 Å². The largest absolute Gasteiger partial charge is 0.351 e. The third-order valence-electron chi connectivity index (χ3n) is 2.15. The van der Waals surface area contributed by atoms with Crippen LogP contribution in [0.5, 0.6) is 0 Å². The summed E-state index contributed by atoms with van der Waals surface area (Å²) in [5.41, 5.74) is -0.0734. The molecule has 1 aromatic carbocycles. The SMILES string of the molecule is CNS(=O)(=O)CCNC(=O)c1ccc(F)c(F)c1. The molecule has 18 heavy (non-hydrogen) atoms. The summed E-state index contributed by atoms with van der Waals surface area (Å²) in [6, 6.07) is 2.69. The molecule has 0 aromatic heterocycles. The van der Waals surface area contributed by atoms with Crippen LogP contribution >= 0.6 is 0 Å². The predicted molar refractivity (Wildman–Crippen MR) is 61.5 cm³/mol. The molecular formula is C10H12F2N2O3S. The summed E-state index contributed by atoms with van der Waals surface area (Å²) < 4.78 is 49.6. The summed E-state index contributed by atoms with van der Waals surface area (Å²) in [5, 5.41) is 2.29. The molecule has 1 aromatic rings. The number of halogens is 2. The number of nitrogens with one attached hydrogen (secondary N) is 2. The van der Waals surface area contributed by atoms with Crippen LogP contribution < -0.4 is 10.0 Å². The van der Waals surface area contributed by atoms with Crippen LogP contribution in [-0.4, -0.2) is 33.7 Å². The number of hydrogen-bond donors (Lipinski definition) is 2. The van der Waals surface area contributed by atoms with E-state index in [1.54, 1.807) is 0 Å². The third-order valence-corrected chi connectivity index (χ3v) is 3.51. The van der Waals surface area contributed by atoms with E-state index in [0.717, 1.165) is 18.2 Å². The van der Waals surface area contributed by atoms with Crippen LogP contribution in [0, 0.1) is 11.6 Å². The standard InChI is InChI=1S/C10H12F2N2O3S/c1-13-18(16,17)5-4-14-10(15)7-2-3-8(11)9(12)6-7/h2-3,6,13H,4-5H2,1H3,(H,14,15). The smallest absolute Gasteiger partial charge is 0.251 e. The Hall–Kier alpha value is -1.54. The van der Waals surface area contributed by atoms with Crippen LogP contribution in [0.3, 0.4) is 0 Å². The van der Waals surface area contributed by atoms with Crippen LogP contribution in [0.2, 0.25) is 0 Å². The van der Waals surface area contributed by atoms with Gasteiger partial charge in [-0.15, -0.1) is 0 Å². The Kier molecular flexibility index (Phi) is 4.74. The van der Waals surface area contributed by atoms with Gasteiger partial charge in [0, 0.05) is 12.1 Å². The molecule has 0 fully saturated rings. The minimum Gasteiger partial charge on any atom is -0.351 e. The number of hydrogen-bond acceptors (Lipinski definition) is 3. The highest BCUT2D eigenvalue weighted by atomic mass is 32.2. The maximum absolute atomic E-state index is 12.8. The highest BCUT2D eigenvalue weighted by Gasteiger charge is 2.11. The van der Waals surface area contributed by atoms with Gasteiger partial charge in [0.2, 0.25) is 10.0 Å². The van der Waals surface area contributed by atoms with Gasteiger partial charge in [0.05, 0.1) is 5.75 Å². The Bertz CT molecular complexity index is 546. The molecule has 2 N–H and O–H groups in total. The van der Waals surface area contributed by atoms with Gasteiger partial charge in [-0.05, 0) is 25.2 Å². The van der Waals surface area contributed by atoms with Gasteiger partial charge in [0.15, 0.2) is 11.6 Å². The second-order valence-corrected chi connectivity index (χ2v) is 5.45. The number of benzene rings is 1. The van der Waals surface area contributed by atoms with E-state index in [1.165, 1.54) is 7.05 Å². The van der Waals surface area contributed by atoms with Gasteiger partial charge in [-0.25, -0.2) is 21.9 Å². The van der Waals surface area contributed by atoms with Crippen molar-refractivity contribution >= 4 is 15.9 Å². The molecule has 0 saturated carbocycles. The summed E-state index contributed by atoms with van der Waals surface area (Å²) >= 11 is 0. The molecule has 8 heteroatoms. The van der Waals surface area contributed by atoms with Gasteiger partial charge in [-0.2, -0.15) is 0 Å². The van der Waals surface area contributed by atoms with Crippen molar-refractivity contribution in [1.82, 2.24) is 10.0 Å². The maximum atomic E-state index is 12.8. The molecule has 100 valence electrons. The van der Waals surface area contributed by atoms with E-state index in [9.17, 15) is 22.0 Å². The average molecular weight is 278 g/mol. The number of carbonyl (C=O) groups excluding carboxylic acids is 1. The average Bonchev–Trinajstić information content (AvgIpc) is 2.32. The summed E-state index contributed by atoms with van der Waals surface area (Å²) in [6.07, 6.45) is 0. The van der Waals surface area contributed by atoms with E-state index >= 15 is 0 Å². The maximum Gasteiger partial charge on any atom is 0.251 e. The van der Waals surface area contributed by atoms with Gasteiger partial charge < -0.3 is 5.32 Å². The normalized spacial score (nSPS) is 11.3. The van der Waals surface area contributed by atoms with E-state index in [2.05, 4.69) is 10.0 Å². The summed E-state index contributed by atoms with van der Waals surface area (Å²) in [4.78, 5) is 11.5. The zero-order valence-corrected chi connectivity index (χ0v) is 10.4. The molecule has 0 saturated heterocycles. The van der Waals surface area contributed by atoms with E-state index in [1.807, 2.05) is 0 Å². The molecule has 0 aliphatic carbocycles. The fourth-order valence-corrected chi connectivity index (χ4v) is 1.72. The van der Waals surface area contributed by atoms with Gasteiger partial charge >= 0.3 is 0 Å². The van der Waals surface area contributed by atoms with E-state index < -0.39 is 27.6 Å². The Labute approximate surface area is 103 Å². The molecule has 0 bridgehead atoms. The van der Waals surface area contributed by atoms with Gasteiger partial charge in [-0.3, -0.25) is 4.79 Å². The van der Waals surface area contributed by atoms with Crippen LogP contribution in [0.15, 0.2) is 18.2 Å². The first-order valence-corrected chi connectivity index (χ1v) is 6.65. The molecular weight excluding hydrogens is 266 g/mol. The lowest BCUT2D eigenvalue weighted by Crippen LogP contribution is -2.33. The van der Waals surface area contributed by atoms with Crippen molar-refractivity contribution < 1.29 is 22.0 Å². The highest BCUT2D eigenvalue weighted by molar-refractivity contribution is 7.89. The van der Waals surface area contributed by atoms with Gasteiger partial charge in [0.1, 0.15) is 0 Å². The number of rotatable bonds is 5. The lowest BCUT2D eigenvalue weighted by molar-refractivity contribution is 0.0955. The molecule has 0 aliphatic heterocycles. The van der Waals surface area contributed by atoms with Crippen LogP contribution in [-0.2, 0) is 10.0 Å². The first-order chi connectivity index (χ1) is 8.35. The minimum atomic E-state index is -3.41. The summed E-state index contributed by atoms with van der Waals surface area (Å²) in [6.45, 7) is -0.124. The van der Waals surface area contributed by atoms with Crippen molar-refractivity contribution in [3.05, 3.63) is 35.4 Å². The zero-order chi connectivity index (χ0) is 13.8. The monoisotopic (exact) mass is 278 g/mol. The molecule has 1 rings (SSSR count). The Balaban J connectivity index is 2.58. The topological polar surface area (TPSA) is 75.3 Å². The van der Waals surface area contributed by atoms with Crippen molar-refractivity contribution in [2.45, 2.75) is 0 Å². The second-order valence-electron chi connectivity index (χ2n) is 3.41. The van der Waals surface area contributed by atoms with Crippen LogP contribution in [0.4, 0.5) is 8.78 Å². The van der Waals surface area contributed by atoms with Crippen molar-refractivity contribution in [3.8, 4) is 0 Å². The highest BCUT2D eigenvalue weighted by Crippen LogP contribution is 2.08. The molecule has 0 radical (unpaired) electrons. The first kappa shape index (κ1) is 14.5. The fourth-order valence-electron chi connectivity index (χ4n) is 1.14. The van der Waals surface area contributed by atoms with Crippen molar-refractivity contribution in [2.24, 2.45) is 0 Å². The molecule has 5 nitrogen and oxygen atoms in total. The molecule has 0 spiro atoms. The fraction of sp³-hybridized carbons (Fsp3) is 0.300. The first-order valence-electron chi connectivity index (χ1n) is 5.00. The zero-order valence-electron chi connectivity index (χ0n) is 9.54. The summed E-state index contributed by atoms with van der Waals surface area (Å²) in [5.74, 6) is -3.14. The van der Waals surface area contributed by atoms with Crippen molar-refractivity contribution in [3.63, 3.8) is 0 Å². The second kappa shape index (κ2) is 5.87. The third kappa shape index (κ3) is 4.04. The Morgan fingerprint density at radius 2 is 1.94 bits per heavy atom. The van der Waals surface area contributed by atoms with E-state index in [0.29, 0.717) is 0 Å². The van der Waals surface area contributed by atoms with Crippen LogP contribution in [0.25, 0.3) is 0 Å². The van der Waals surface area contributed by atoms with Crippen molar-refractivity contribution in [1.29, 1.82) is 0 Å². The number of amides is 1. The molecule has 0 heterocycles. The molecule has 0 unspecified atom stereocenters. The van der Waals surface area contributed by atoms with Gasteiger partial charge in [-0.1, -0.05) is 0 Å². The minimum absolute atomic E-state index is 0.0734. The molecule has 1 amide bonds. The Morgan fingerprint density at radius 3 is 2.50 bits per heavy atom. The lowest BCUT2D eigenvalue weighted by atomic mass is 10.2. The predicted octanol–water partition coefficient (Wildman–Crippen LogP) is 0.244. The quantitative estimate of drug-likeness (QED) is 0.810. The van der Waals surface area contributed by atoms with Crippen LogP contribution in [0.1, 0.15) is 10.4 Å². The number of sulfonamides is 1. The summed E-state index contributed by atoms with van der Waals surface area (Å²) in [7, 11) is -2.15. The number of carbonyl (C=O) groups is 1. The van der Waals surface area contributed by atoms with Gasteiger partial charge in [0.25, 0.3) is 5.91 Å². The molecule has 0 aliphatic rings. The van der Waals surface area contributed by atoms with E-state index in [-0.39, 0.29) is 17.9 Å². The lowest BCUT2D eigenvalue weighted by Gasteiger charge is -2.05. The molecule has 0 atom stereocenters. The van der Waals surface area contributed by atoms with Crippen molar-refractivity contribution in [2.75, 3.05) is 19.3 Å². The Morgan fingerprint density at radius 1 is 1.28 bits per heavy atom.